The number of fused-ring (bicyclic) bond motifs is 3. The maximum Gasteiger partial charge on any atom is 0.341 e. The van der Waals surface area contributed by atoms with Crippen molar-refractivity contribution >= 4 is 39.3 Å². The van der Waals surface area contributed by atoms with Gasteiger partial charge in [-0.3, -0.25) is 14.0 Å². The third kappa shape index (κ3) is 5.03. The monoisotopic (exact) mass is 542 g/mol. The molecule has 3 aromatic heterocycles. The van der Waals surface area contributed by atoms with Crippen LogP contribution < -0.4 is 11.0 Å². The Bertz CT molecular complexity index is 2080. The van der Waals surface area contributed by atoms with Gasteiger partial charge in [0.05, 0.1) is 12.0 Å². The van der Waals surface area contributed by atoms with Crippen molar-refractivity contribution in [3.05, 3.63) is 136 Å². The standard InChI is InChI=1S/C33H26N4O4/c1-2-41-33(40)27-21-26-29(34-28-14-8-9-18-36(28)32(26)39)37(19-17-22-10-4-3-5-11-22)30(27)35-31(38)25-16-15-23-12-6-7-13-24(23)20-25/h3-16,18,20-21H,2,17,19H2,1H3. The first kappa shape index (κ1) is 25.9. The Morgan fingerprint density at radius 1 is 0.878 bits per heavy atom. The average molecular weight is 543 g/mol. The van der Waals surface area contributed by atoms with E-state index < -0.39 is 11.9 Å². The Hall–Kier alpha value is -5.37. The summed E-state index contributed by atoms with van der Waals surface area (Å²) in [5.41, 5.74) is 1.97. The van der Waals surface area contributed by atoms with Gasteiger partial charge in [-0.1, -0.05) is 66.7 Å². The molecule has 0 aliphatic carbocycles. The largest absolute Gasteiger partial charge is 0.462 e. The molecule has 8 nitrogen and oxygen atoms in total. The van der Waals surface area contributed by atoms with Crippen LogP contribution in [0.4, 0.5) is 0 Å². The van der Waals surface area contributed by atoms with Crippen LogP contribution in [0.2, 0.25) is 0 Å². The molecule has 0 spiro atoms. The van der Waals surface area contributed by atoms with Crippen molar-refractivity contribution in [3.63, 3.8) is 0 Å². The smallest absolute Gasteiger partial charge is 0.341 e. The van der Waals surface area contributed by atoms with E-state index in [4.69, 9.17) is 9.72 Å². The highest BCUT2D eigenvalue weighted by atomic mass is 16.5. The molecule has 0 atom stereocenters. The third-order valence-corrected chi connectivity index (χ3v) is 6.96. The minimum absolute atomic E-state index is 0.0244. The second-order valence-corrected chi connectivity index (χ2v) is 9.55. The summed E-state index contributed by atoms with van der Waals surface area (Å²) in [6.45, 7) is 2.13. The fourth-order valence-corrected chi connectivity index (χ4v) is 4.94. The van der Waals surface area contributed by atoms with E-state index in [1.54, 1.807) is 48.0 Å². The number of rotatable bonds is 6. The summed E-state index contributed by atoms with van der Waals surface area (Å²) >= 11 is 0. The van der Waals surface area contributed by atoms with Crippen molar-refractivity contribution in [1.82, 2.24) is 14.0 Å². The van der Waals surface area contributed by atoms with E-state index in [1.807, 2.05) is 60.7 Å². The Kier molecular flexibility index (Phi) is 6.95. The number of esters is 1. The van der Waals surface area contributed by atoms with Gasteiger partial charge < -0.3 is 9.30 Å². The molecule has 1 amide bonds. The first-order chi connectivity index (χ1) is 20.0. The maximum atomic E-state index is 13.6. The van der Waals surface area contributed by atoms with E-state index in [2.05, 4.69) is 4.99 Å². The highest BCUT2D eigenvalue weighted by Crippen LogP contribution is 2.17. The molecule has 8 heteroatoms. The zero-order valence-corrected chi connectivity index (χ0v) is 22.4. The van der Waals surface area contributed by atoms with Crippen LogP contribution in [0.5, 0.6) is 0 Å². The molecule has 202 valence electrons. The quantitative estimate of drug-likeness (QED) is 0.219. The number of aromatic nitrogens is 3. The summed E-state index contributed by atoms with van der Waals surface area (Å²) in [5.74, 6) is -1.20. The number of ether oxygens (including phenoxy) is 1. The number of aryl methyl sites for hydroxylation is 2. The molecule has 0 bridgehead atoms. The SMILES string of the molecule is CCOC(=O)c1cc2c(=O)n3ccccc3nc2n(CCc2ccccc2)c1=NC(=O)c1ccc2ccccc2c1. The number of hydrogen-bond donors (Lipinski definition) is 0. The molecule has 0 aliphatic heterocycles. The minimum Gasteiger partial charge on any atom is -0.462 e. The molecule has 6 rings (SSSR count). The van der Waals surface area contributed by atoms with E-state index in [0.29, 0.717) is 29.8 Å². The molecule has 3 heterocycles. The molecular weight excluding hydrogens is 516 g/mol. The molecular formula is C33H26N4O4. The predicted octanol–water partition coefficient (Wildman–Crippen LogP) is 4.96. The highest BCUT2D eigenvalue weighted by molar-refractivity contribution is 6.00. The first-order valence-corrected chi connectivity index (χ1v) is 13.4. The summed E-state index contributed by atoms with van der Waals surface area (Å²) < 4.78 is 8.46. The number of amides is 1. The summed E-state index contributed by atoms with van der Waals surface area (Å²) in [4.78, 5) is 49.7. The van der Waals surface area contributed by atoms with E-state index in [-0.39, 0.29) is 28.6 Å². The molecule has 41 heavy (non-hydrogen) atoms. The number of carbonyl (C=O) groups excluding carboxylic acids is 2. The van der Waals surface area contributed by atoms with Gasteiger partial charge in [-0.05, 0) is 60.0 Å². The van der Waals surface area contributed by atoms with Crippen LogP contribution >= 0.6 is 0 Å². The number of benzene rings is 3. The molecule has 0 unspecified atom stereocenters. The molecule has 6 aromatic rings. The van der Waals surface area contributed by atoms with Crippen LogP contribution in [0.25, 0.3) is 27.5 Å². The molecule has 0 N–H and O–H groups in total. The number of pyridine rings is 2. The Morgan fingerprint density at radius 3 is 2.44 bits per heavy atom. The number of hydrogen-bond acceptors (Lipinski definition) is 5. The Labute approximate surface area is 234 Å². The van der Waals surface area contributed by atoms with Crippen LogP contribution in [0, 0.1) is 0 Å². The lowest BCUT2D eigenvalue weighted by molar-refractivity contribution is 0.0523. The lowest BCUT2D eigenvalue weighted by atomic mass is 10.1. The van der Waals surface area contributed by atoms with Crippen molar-refractivity contribution < 1.29 is 14.3 Å². The zero-order valence-electron chi connectivity index (χ0n) is 22.4. The highest BCUT2D eigenvalue weighted by Gasteiger charge is 2.20. The predicted molar refractivity (Wildman–Crippen MR) is 157 cm³/mol. The van der Waals surface area contributed by atoms with Crippen molar-refractivity contribution in [2.75, 3.05) is 6.61 Å². The van der Waals surface area contributed by atoms with Gasteiger partial charge in [0.15, 0.2) is 5.49 Å². The van der Waals surface area contributed by atoms with Crippen molar-refractivity contribution in [2.45, 2.75) is 19.9 Å². The lowest BCUT2D eigenvalue weighted by Crippen LogP contribution is -2.33. The third-order valence-electron chi connectivity index (χ3n) is 6.96. The fraction of sp³-hybridized carbons (Fsp3) is 0.121. The molecule has 0 radical (unpaired) electrons. The molecule has 0 aliphatic rings. The van der Waals surface area contributed by atoms with E-state index >= 15 is 0 Å². The fourth-order valence-electron chi connectivity index (χ4n) is 4.94. The van der Waals surface area contributed by atoms with Gasteiger partial charge in [0.1, 0.15) is 16.9 Å². The maximum absolute atomic E-state index is 13.6. The van der Waals surface area contributed by atoms with Crippen molar-refractivity contribution in [2.24, 2.45) is 4.99 Å². The molecule has 0 saturated carbocycles. The van der Waals surface area contributed by atoms with Gasteiger partial charge in [-0.2, -0.15) is 4.99 Å². The van der Waals surface area contributed by atoms with Crippen LogP contribution in [0.15, 0.2) is 113 Å². The van der Waals surface area contributed by atoms with Crippen molar-refractivity contribution in [3.8, 4) is 0 Å². The number of carbonyl (C=O) groups is 2. The second kappa shape index (κ2) is 11.0. The normalized spacial score (nSPS) is 11.8. The van der Waals surface area contributed by atoms with Gasteiger partial charge in [0, 0.05) is 18.3 Å². The summed E-state index contributed by atoms with van der Waals surface area (Å²) in [5, 5.41) is 2.12. The van der Waals surface area contributed by atoms with Gasteiger partial charge in [-0.25, -0.2) is 9.78 Å². The second-order valence-electron chi connectivity index (χ2n) is 9.55. The van der Waals surface area contributed by atoms with Gasteiger partial charge in [-0.15, -0.1) is 0 Å². The van der Waals surface area contributed by atoms with E-state index in [1.165, 1.54) is 10.5 Å². The van der Waals surface area contributed by atoms with Crippen molar-refractivity contribution in [1.29, 1.82) is 0 Å². The zero-order chi connectivity index (χ0) is 28.3. The lowest BCUT2D eigenvalue weighted by Gasteiger charge is -2.15. The first-order valence-electron chi connectivity index (χ1n) is 13.4. The minimum atomic E-state index is -0.675. The Balaban J connectivity index is 1.63. The van der Waals surface area contributed by atoms with E-state index in [0.717, 1.165) is 16.3 Å². The average Bonchev–Trinajstić information content (AvgIpc) is 3.01. The molecule has 0 fully saturated rings. The Morgan fingerprint density at radius 2 is 1.63 bits per heavy atom. The molecule has 3 aromatic carbocycles. The van der Waals surface area contributed by atoms with Gasteiger partial charge in [0.25, 0.3) is 11.5 Å². The topological polar surface area (TPSA) is 95.0 Å². The van der Waals surface area contributed by atoms with E-state index in [9.17, 15) is 14.4 Å². The van der Waals surface area contributed by atoms with Gasteiger partial charge >= 0.3 is 5.97 Å². The summed E-state index contributed by atoms with van der Waals surface area (Å²) in [6.07, 6.45) is 2.18. The van der Waals surface area contributed by atoms with Crippen LogP contribution in [-0.2, 0) is 17.7 Å². The van der Waals surface area contributed by atoms with Crippen LogP contribution in [0.3, 0.4) is 0 Å². The molecule has 0 saturated heterocycles. The van der Waals surface area contributed by atoms with Gasteiger partial charge in [0.2, 0.25) is 0 Å². The van der Waals surface area contributed by atoms with Crippen LogP contribution in [-0.4, -0.2) is 32.4 Å². The summed E-state index contributed by atoms with van der Waals surface area (Å²) in [7, 11) is 0. The number of nitrogens with zero attached hydrogens (tertiary/aromatic N) is 4. The van der Waals surface area contributed by atoms with Crippen LogP contribution in [0.1, 0.15) is 33.2 Å². The summed E-state index contributed by atoms with van der Waals surface area (Å²) in [6, 6.07) is 29.6.